The maximum Gasteiger partial charge on any atom is 0.255 e. The van der Waals surface area contributed by atoms with Crippen LogP contribution in [0.1, 0.15) is 23.2 Å². The Balaban J connectivity index is 1.53. The topological polar surface area (TPSA) is 67.3 Å². The van der Waals surface area contributed by atoms with Crippen molar-refractivity contribution < 1.29 is 13.9 Å². The molecule has 7 heteroatoms. The lowest BCUT2D eigenvalue weighted by molar-refractivity contribution is 0.102. The predicted molar refractivity (Wildman–Crippen MR) is 113 cm³/mol. The molecule has 30 heavy (non-hydrogen) atoms. The van der Waals surface area contributed by atoms with Crippen LogP contribution in [-0.4, -0.2) is 47.0 Å². The van der Waals surface area contributed by atoms with E-state index >= 15 is 0 Å². The summed E-state index contributed by atoms with van der Waals surface area (Å²) in [6.07, 6.45) is 6.54. The smallest absolute Gasteiger partial charge is 0.255 e. The van der Waals surface area contributed by atoms with Crippen LogP contribution in [0.2, 0.25) is 0 Å². The van der Waals surface area contributed by atoms with Crippen LogP contribution >= 0.6 is 0 Å². The van der Waals surface area contributed by atoms with Crippen molar-refractivity contribution in [3.8, 4) is 16.9 Å². The Hall–Kier alpha value is -3.32. The minimum Gasteiger partial charge on any atom is -0.488 e. The minimum atomic E-state index is -0.502. The molecule has 3 aromatic rings. The molecule has 0 spiro atoms. The Bertz CT molecular complexity index is 1020. The monoisotopic (exact) mass is 406 g/mol. The number of aromatic nitrogens is 2. The zero-order valence-electron chi connectivity index (χ0n) is 16.7. The maximum atomic E-state index is 14.2. The lowest BCUT2D eigenvalue weighted by Crippen LogP contribution is -2.35. The van der Waals surface area contributed by atoms with Crippen molar-refractivity contribution in [2.24, 2.45) is 0 Å². The maximum absolute atomic E-state index is 14.2. The van der Waals surface area contributed by atoms with Crippen LogP contribution in [-0.2, 0) is 0 Å². The number of hydrogen-bond acceptors (Lipinski definition) is 5. The second-order valence-corrected chi connectivity index (χ2v) is 7.43. The van der Waals surface area contributed by atoms with Gasteiger partial charge in [-0.1, -0.05) is 12.1 Å². The van der Waals surface area contributed by atoms with E-state index in [4.69, 9.17) is 4.74 Å². The molecule has 4 rings (SSSR count). The number of nitrogens with zero attached hydrogens (tertiary/aromatic N) is 3. The highest BCUT2D eigenvalue weighted by atomic mass is 19.1. The predicted octanol–water partition coefficient (Wildman–Crippen LogP) is 4.01. The number of benzene rings is 2. The van der Waals surface area contributed by atoms with Crippen molar-refractivity contribution in [2.75, 3.05) is 25.5 Å². The molecular formula is C23H23FN4O2. The Morgan fingerprint density at radius 2 is 1.83 bits per heavy atom. The van der Waals surface area contributed by atoms with Gasteiger partial charge in [0, 0.05) is 36.6 Å². The third-order valence-electron chi connectivity index (χ3n) is 5.15. The van der Waals surface area contributed by atoms with Gasteiger partial charge in [-0.05, 0) is 55.8 Å². The molecule has 0 bridgehead atoms. The number of para-hydroxylation sites is 2. The number of piperidine rings is 1. The third-order valence-corrected chi connectivity index (χ3v) is 5.15. The number of ether oxygens (including phenoxy) is 1. The van der Waals surface area contributed by atoms with Gasteiger partial charge >= 0.3 is 0 Å². The van der Waals surface area contributed by atoms with E-state index in [1.807, 2.05) is 18.2 Å². The van der Waals surface area contributed by atoms with Crippen LogP contribution < -0.4 is 10.1 Å². The van der Waals surface area contributed by atoms with Gasteiger partial charge in [-0.25, -0.2) is 14.4 Å². The van der Waals surface area contributed by atoms with Crippen LogP contribution in [0, 0.1) is 5.82 Å². The second kappa shape index (κ2) is 9.00. The Kier molecular flexibility index (Phi) is 5.99. The van der Waals surface area contributed by atoms with Crippen molar-refractivity contribution >= 4 is 11.6 Å². The summed E-state index contributed by atoms with van der Waals surface area (Å²) < 4.78 is 20.3. The van der Waals surface area contributed by atoms with E-state index in [0.717, 1.165) is 25.9 Å². The zero-order valence-corrected chi connectivity index (χ0v) is 16.7. The average Bonchev–Trinajstić information content (AvgIpc) is 2.77. The number of likely N-dealkylation sites (tertiary alicyclic amines) is 1. The minimum absolute atomic E-state index is 0.109. The number of anilines is 1. The molecule has 1 N–H and O–H groups in total. The highest BCUT2D eigenvalue weighted by Gasteiger charge is 2.20. The van der Waals surface area contributed by atoms with Crippen molar-refractivity contribution in [3.05, 3.63) is 72.6 Å². The van der Waals surface area contributed by atoms with Gasteiger partial charge in [-0.2, -0.15) is 0 Å². The molecule has 1 saturated heterocycles. The SMILES string of the molecule is CN1CCC(Oc2ccccc2NC(=O)c2cc(F)cc(-c3cncnc3)c2)CC1. The highest BCUT2D eigenvalue weighted by molar-refractivity contribution is 6.05. The summed E-state index contributed by atoms with van der Waals surface area (Å²) >= 11 is 0. The quantitative estimate of drug-likeness (QED) is 0.694. The lowest BCUT2D eigenvalue weighted by atomic mass is 10.0. The van der Waals surface area contributed by atoms with E-state index in [1.165, 1.54) is 18.5 Å². The number of halogens is 1. The standard InChI is InChI=1S/C23H23FN4O2/c1-28-8-6-20(7-9-28)30-22-5-3-2-4-21(22)27-23(29)17-10-16(11-19(24)12-17)18-13-25-15-26-14-18/h2-5,10-15,20H,6-9H2,1H3,(H,27,29). The summed E-state index contributed by atoms with van der Waals surface area (Å²) in [5.74, 6) is -0.294. The molecule has 6 nitrogen and oxygen atoms in total. The van der Waals surface area contributed by atoms with Crippen LogP contribution in [0.15, 0.2) is 61.2 Å². The molecule has 0 saturated carbocycles. The van der Waals surface area contributed by atoms with Gasteiger partial charge in [0.05, 0.1) is 5.69 Å². The molecule has 154 valence electrons. The van der Waals surface area contributed by atoms with Gasteiger partial charge < -0.3 is 15.0 Å². The first-order valence-corrected chi connectivity index (χ1v) is 9.90. The summed E-state index contributed by atoms with van der Waals surface area (Å²) in [5.41, 5.74) is 1.95. The van der Waals surface area contributed by atoms with Crippen molar-refractivity contribution in [1.29, 1.82) is 0 Å². The van der Waals surface area contributed by atoms with Gasteiger partial charge in [0.1, 0.15) is 24.0 Å². The van der Waals surface area contributed by atoms with E-state index in [1.54, 1.807) is 24.5 Å². The number of rotatable bonds is 5. The number of carbonyl (C=O) groups is 1. The molecule has 1 aliphatic heterocycles. The fourth-order valence-electron chi connectivity index (χ4n) is 3.49. The number of nitrogens with one attached hydrogen (secondary N) is 1. The molecular weight excluding hydrogens is 383 g/mol. The van der Waals surface area contributed by atoms with Crippen LogP contribution in [0.4, 0.5) is 10.1 Å². The van der Waals surface area contributed by atoms with Gasteiger partial charge in [0.2, 0.25) is 0 Å². The zero-order chi connectivity index (χ0) is 20.9. The van der Waals surface area contributed by atoms with Crippen LogP contribution in [0.3, 0.4) is 0 Å². The van der Waals surface area contributed by atoms with Crippen LogP contribution in [0.25, 0.3) is 11.1 Å². The molecule has 1 aromatic heterocycles. The van der Waals surface area contributed by atoms with E-state index in [9.17, 15) is 9.18 Å². The van der Waals surface area contributed by atoms with Crippen molar-refractivity contribution in [1.82, 2.24) is 14.9 Å². The second-order valence-electron chi connectivity index (χ2n) is 7.43. The fourth-order valence-corrected chi connectivity index (χ4v) is 3.49. The molecule has 1 amide bonds. The fraction of sp³-hybridized carbons (Fsp3) is 0.261. The summed E-state index contributed by atoms with van der Waals surface area (Å²) in [6, 6.07) is 11.5. The molecule has 2 aromatic carbocycles. The number of hydrogen-bond donors (Lipinski definition) is 1. The molecule has 0 aliphatic carbocycles. The van der Waals surface area contributed by atoms with E-state index < -0.39 is 11.7 Å². The number of amides is 1. The highest BCUT2D eigenvalue weighted by Crippen LogP contribution is 2.28. The Morgan fingerprint density at radius 1 is 1.10 bits per heavy atom. The van der Waals surface area contributed by atoms with Gasteiger partial charge in [0.25, 0.3) is 5.91 Å². The van der Waals surface area contributed by atoms with Crippen LogP contribution in [0.5, 0.6) is 5.75 Å². The van der Waals surface area contributed by atoms with E-state index in [0.29, 0.717) is 22.6 Å². The van der Waals surface area contributed by atoms with E-state index in [-0.39, 0.29) is 11.7 Å². The summed E-state index contributed by atoms with van der Waals surface area (Å²) in [5, 5.41) is 2.86. The largest absolute Gasteiger partial charge is 0.488 e. The molecule has 2 heterocycles. The van der Waals surface area contributed by atoms with Crippen molar-refractivity contribution in [2.45, 2.75) is 18.9 Å². The van der Waals surface area contributed by atoms with Gasteiger partial charge in [0.15, 0.2) is 0 Å². The first kappa shape index (κ1) is 20.0. The Morgan fingerprint density at radius 3 is 2.60 bits per heavy atom. The summed E-state index contributed by atoms with van der Waals surface area (Å²) in [6.45, 7) is 1.96. The first-order chi connectivity index (χ1) is 14.6. The molecule has 1 fully saturated rings. The molecule has 1 aliphatic rings. The van der Waals surface area contributed by atoms with Crippen molar-refractivity contribution in [3.63, 3.8) is 0 Å². The first-order valence-electron chi connectivity index (χ1n) is 9.90. The van der Waals surface area contributed by atoms with E-state index in [2.05, 4.69) is 27.2 Å². The lowest BCUT2D eigenvalue weighted by Gasteiger charge is -2.29. The Labute approximate surface area is 174 Å². The number of carbonyl (C=O) groups excluding carboxylic acids is 1. The summed E-state index contributed by atoms with van der Waals surface area (Å²) in [4.78, 5) is 23.0. The third kappa shape index (κ3) is 4.80. The molecule has 0 radical (unpaired) electrons. The molecule has 0 atom stereocenters. The van der Waals surface area contributed by atoms with Gasteiger partial charge in [-0.3, -0.25) is 4.79 Å². The van der Waals surface area contributed by atoms with Gasteiger partial charge in [-0.15, -0.1) is 0 Å². The summed E-state index contributed by atoms with van der Waals surface area (Å²) in [7, 11) is 2.10. The normalized spacial score (nSPS) is 15.0. The average molecular weight is 406 g/mol. The molecule has 0 unspecified atom stereocenters.